The van der Waals surface area contributed by atoms with Crippen molar-refractivity contribution in [2.75, 3.05) is 13.7 Å². The highest BCUT2D eigenvalue weighted by Gasteiger charge is 2.31. The van der Waals surface area contributed by atoms with Crippen LogP contribution in [-0.2, 0) is 9.53 Å². The van der Waals surface area contributed by atoms with Gasteiger partial charge in [0.15, 0.2) is 5.82 Å². The lowest BCUT2D eigenvalue weighted by atomic mass is 10.0. The van der Waals surface area contributed by atoms with Gasteiger partial charge in [-0.3, -0.25) is 9.78 Å². The molecule has 1 aliphatic heterocycles. The summed E-state index contributed by atoms with van der Waals surface area (Å²) in [5, 5.41) is 0. The summed E-state index contributed by atoms with van der Waals surface area (Å²) >= 11 is 0. The minimum Gasteiger partial charge on any atom is -0.465 e. The summed E-state index contributed by atoms with van der Waals surface area (Å²) in [7, 11) is 1.34. The third-order valence-corrected chi connectivity index (χ3v) is 5.94. The molecule has 3 heterocycles. The van der Waals surface area contributed by atoms with Crippen molar-refractivity contribution >= 4 is 22.9 Å². The fourth-order valence-electron chi connectivity index (χ4n) is 4.32. The van der Waals surface area contributed by atoms with Crippen LogP contribution in [0.4, 0.5) is 0 Å². The van der Waals surface area contributed by atoms with Gasteiger partial charge in [0.05, 0.1) is 35.9 Å². The Labute approximate surface area is 195 Å². The smallest absolute Gasteiger partial charge is 0.337 e. The molecule has 1 N–H and O–H groups in total. The summed E-state index contributed by atoms with van der Waals surface area (Å²) in [5.74, 6) is 1.38. The molecule has 1 unspecified atom stereocenters. The van der Waals surface area contributed by atoms with Crippen LogP contribution in [0.3, 0.4) is 0 Å². The number of esters is 1. The van der Waals surface area contributed by atoms with Gasteiger partial charge >= 0.3 is 5.97 Å². The van der Waals surface area contributed by atoms with Crippen LogP contribution in [0.5, 0.6) is 11.5 Å². The Morgan fingerprint density at radius 1 is 1.15 bits per heavy atom. The number of H-pyrrole nitrogens is 1. The third-order valence-electron chi connectivity index (χ3n) is 5.94. The van der Waals surface area contributed by atoms with Gasteiger partial charge in [0, 0.05) is 37.5 Å². The quantitative estimate of drug-likeness (QED) is 0.445. The van der Waals surface area contributed by atoms with Gasteiger partial charge < -0.3 is 19.4 Å². The first-order chi connectivity index (χ1) is 16.5. The largest absolute Gasteiger partial charge is 0.465 e. The highest BCUT2D eigenvalue weighted by molar-refractivity contribution is 5.89. The predicted molar refractivity (Wildman–Crippen MR) is 124 cm³/mol. The number of fused-ring (bicyclic) bond motifs is 1. The summed E-state index contributed by atoms with van der Waals surface area (Å²) in [6, 6.07) is 10.5. The number of likely N-dealkylation sites (tertiary alicyclic amines) is 1. The number of methoxy groups -OCH3 is 1. The van der Waals surface area contributed by atoms with E-state index in [2.05, 4.69) is 19.9 Å². The van der Waals surface area contributed by atoms with Gasteiger partial charge in [-0.1, -0.05) is 0 Å². The van der Waals surface area contributed by atoms with Crippen LogP contribution in [0.1, 0.15) is 41.7 Å². The molecule has 172 valence electrons. The highest BCUT2D eigenvalue weighted by Crippen LogP contribution is 2.41. The molecule has 0 saturated carbocycles. The average Bonchev–Trinajstić information content (AvgIpc) is 3.51. The molecule has 9 heteroatoms. The van der Waals surface area contributed by atoms with Gasteiger partial charge in [0.2, 0.25) is 5.91 Å². The molecule has 0 aliphatic carbocycles. The van der Waals surface area contributed by atoms with Gasteiger partial charge in [0.1, 0.15) is 17.2 Å². The van der Waals surface area contributed by atoms with E-state index in [-0.39, 0.29) is 11.9 Å². The first-order valence-corrected chi connectivity index (χ1v) is 11.0. The molecular weight excluding hydrogens is 434 g/mol. The Bertz CT molecular complexity index is 1350. The normalized spacial score (nSPS) is 15.5. The number of aromatic nitrogens is 4. The second kappa shape index (κ2) is 8.93. The van der Waals surface area contributed by atoms with E-state index < -0.39 is 5.97 Å². The van der Waals surface area contributed by atoms with Crippen molar-refractivity contribution in [3.05, 3.63) is 66.1 Å². The number of hydrogen-bond donors (Lipinski definition) is 1. The van der Waals surface area contributed by atoms with E-state index in [1.807, 2.05) is 17.0 Å². The molecule has 9 nitrogen and oxygen atoms in total. The third kappa shape index (κ3) is 4.07. The van der Waals surface area contributed by atoms with Gasteiger partial charge in [-0.15, -0.1) is 0 Å². The van der Waals surface area contributed by atoms with Crippen LogP contribution in [-0.4, -0.2) is 50.4 Å². The van der Waals surface area contributed by atoms with Gasteiger partial charge in [-0.25, -0.2) is 14.8 Å². The minimum atomic E-state index is -0.412. The van der Waals surface area contributed by atoms with E-state index in [4.69, 9.17) is 9.47 Å². The van der Waals surface area contributed by atoms with Crippen LogP contribution in [0.25, 0.3) is 22.6 Å². The lowest BCUT2D eigenvalue weighted by Gasteiger charge is -2.25. The molecular formula is C25H23N5O4. The van der Waals surface area contributed by atoms with Crippen molar-refractivity contribution in [2.24, 2.45) is 0 Å². The average molecular weight is 457 g/mol. The summed E-state index contributed by atoms with van der Waals surface area (Å²) < 4.78 is 11.0. The Balaban J connectivity index is 1.57. The molecule has 1 atom stereocenters. The zero-order chi connectivity index (χ0) is 23.7. The van der Waals surface area contributed by atoms with E-state index in [0.29, 0.717) is 40.6 Å². The molecule has 0 spiro atoms. The van der Waals surface area contributed by atoms with E-state index >= 15 is 0 Å². The SMILES string of the molecule is COC(=O)c1ccc(Oc2cc3nc(-c4cnccn4)[nH]c3cc2C2CCCN2C(C)=O)cc1. The van der Waals surface area contributed by atoms with Crippen molar-refractivity contribution in [3.8, 4) is 23.0 Å². The Kier molecular flexibility index (Phi) is 5.67. The van der Waals surface area contributed by atoms with E-state index in [0.717, 1.165) is 23.9 Å². The van der Waals surface area contributed by atoms with Gasteiger partial charge in [-0.05, 0) is 43.2 Å². The Morgan fingerprint density at radius 2 is 1.97 bits per heavy atom. The fourth-order valence-corrected chi connectivity index (χ4v) is 4.32. The number of carbonyl (C=O) groups is 2. The molecule has 2 aromatic carbocycles. The van der Waals surface area contributed by atoms with Crippen LogP contribution in [0.2, 0.25) is 0 Å². The van der Waals surface area contributed by atoms with Gasteiger partial charge in [-0.2, -0.15) is 0 Å². The van der Waals surface area contributed by atoms with E-state index in [9.17, 15) is 9.59 Å². The number of ether oxygens (including phenoxy) is 2. The number of carbonyl (C=O) groups excluding carboxylic acids is 2. The number of imidazole rings is 1. The number of aromatic amines is 1. The van der Waals surface area contributed by atoms with Gasteiger partial charge in [0.25, 0.3) is 0 Å². The van der Waals surface area contributed by atoms with Crippen LogP contribution in [0.15, 0.2) is 55.0 Å². The number of rotatable bonds is 5. The predicted octanol–water partition coefficient (Wildman–Crippen LogP) is 4.28. The second-order valence-corrected chi connectivity index (χ2v) is 8.07. The monoisotopic (exact) mass is 457 g/mol. The maximum atomic E-state index is 12.3. The minimum absolute atomic E-state index is 0.0286. The van der Waals surface area contributed by atoms with Crippen molar-refractivity contribution in [1.29, 1.82) is 0 Å². The molecule has 1 fully saturated rings. The zero-order valence-corrected chi connectivity index (χ0v) is 18.8. The number of benzene rings is 2. The molecule has 0 bridgehead atoms. The lowest BCUT2D eigenvalue weighted by Crippen LogP contribution is -2.28. The molecule has 0 radical (unpaired) electrons. The molecule has 4 aromatic rings. The molecule has 34 heavy (non-hydrogen) atoms. The van der Waals surface area contributed by atoms with Crippen LogP contribution < -0.4 is 4.74 Å². The maximum Gasteiger partial charge on any atom is 0.337 e. The van der Waals surface area contributed by atoms with Crippen molar-refractivity contribution < 1.29 is 19.1 Å². The summed E-state index contributed by atoms with van der Waals surface area (Å²) in [6.07, 6.45) is 6.63. The summed E-state index contributed by atoms with van der Waals surface area (Å²) in [6.45, 7) is 2.30. The van der Waals surface area contributed by atoms with Crippen molar-refractivity contribution in [1.82, 2.24) is 24.8 Å². The van der Waals surface area contributed by atoms with E-state index in [1.54, 1.807) is 49.8 Å². The van der Waals surface area contributed by atoms with Crippen LogP contribution in [0, 0.1) is 0 Å². The number of nitrogens with zero attached hydrogens (tertiary/aromatic N) is 4. The molecule has 1 amide bonds. The highest BCUT2D eigenvalue weighted by atomic mass is 16.5. The number of hydrogen-bond acceptors (Lipinski definition) is 7. The Hall–Kier alpha value is -4.27. The number of amides is 1. The Morgan fingerprint density at radius 3 is 2.68 bits per heavy atom. The fraction of sp³-hybridized carbons (Fsp3) is 0.240. The first-order valence-electron chi connectivity index (χ1n) is 11.0. The van der Waals surface area contributed by atoms with Crippen LogP contribution >= 0.6 is 0 Å². The standard InChI is InChI=1S/C25H23N5O4/c1-15(31)30-11-3-4-22(30)18-12-19-20(29-24(28-19)21-14-26-9-10-27-21)13-23(18)34-17-7-5-16(6-8-17)25(32)33-2/h5-10,12-14,22H,3-4,11H2,1-2H3,(H,28,29). The zero-order valence-electron chi connectivity index (χ0n) is 18.8. The first kappa shape index (κ1) is 21.6. The number of nitrogens with one attached hydrogen (secondary N) is 1. The molecule has 2 aromatic heterocycles. The van der Waals surface area contributed by atoms with E-state index in [1.165, 1.54) is 7.11 Å². The summed E-state index contributed by atoms with van der Waals surface area (Å²) in [4.78, 5) is 42.3. The molecule has 5 rings (SSSR count). The molecule has 1 saturated heterocycles. The summed E-state index contributed by atoms with van der Waals surface area (Å²) in [5.41, 5.74) is 3.49. The maximum absolute atomic E-state index is 12.3. The topological polar surface area (TPSA) is 110 Å². The van der Waals surface area contributed by atoms with Crippen molar-refractivity contribution in [2.45, 2.75) is 25.8 Å². The van der Waals surface area contributed by atoms with Crippen molar-refractivity contribution in [3.63, 3.8) is 0 Å². The molecule has 1 aliphatic rings. The second-order valence-electron chi connectivity index (χ2n) is 8.07. The lowest BCUT2D eigenvalue weighted by molar-refractivity contribution is -0.129.